The lowest BCUT2D eigenvalue weighted by Gasteiger charge is -2.34. The molecule has 0 spiro atoms. The van der Waals surface area contributed by atoms with E-state index in [1.54, 1.807) is 16.4 Å². The third kappa shape index (κ3) is 2.95. The van der Waals surface area contributed by atoms with Crippen LogP contribution in [0.1, 0.15) is 32.6 Å². The quantitative estimate of drug-likeness (QED) is 0.855. The first-order chi connectivity index (χ1) is 8.96. The minimum absolute atomic E-state index is 0.114. The summed E-state index contributed by atoms with van der Waals surface area (Å²) in [7, 11) is -3.43. The normalized spacial score (nSPS) is 21.5. The van der Waals surface area contributed by atoms with Crippen LogP contribution >= 0.6 is 15.9 Å². The van der Waals surface area contributed by atoms with Crippen molar-refractivity contribution in [2.24, 2.45) is 0 Å². The maximum Gasteiger partial charge on any atom is 0.243 e. The van der Waals surface area contributed by atoms with Crippen LogP contribution in [0.5, 0.6) is 0 Å². The summed E-state index contributed by atoms with van der Waals surface area (Å²) in [4.78, 5) is 0.286. The molecule has 1 aromatic rings. The van der Waals surface area contributed by atoms with Gasteiger partial charge >= 0.3 is 0 Å². The van der Waals surface area contributed by atoms with Gasteiger partial charge in [-0.1, -0.05) is 13.3 Å². The molecule has 1 heterocycles. The van der Waals surface area contributed by atoms with Crippen molar-refractivity contribution in [3.8, 4) is 0 Å². The number of nitrogen functional groups attached to an aromatic ring is 1. The molecule has 2 rings (SSSR count). The second-order valence-electron chi connectivity index (χ2n) is 4.86. The van der Waals surface area contributed by atoms with Gasteiger partial charge in [-0.05, 0) is 53.4 Å². The highest BCUT2D eigenvalue weighted by Crippen LogP contribution is 2.29. The minimum atomic E-state index is -3.43. The van der Waals surface area contributed by atoms with Crippen molar-refractivity contribution < 1.29 is 8.42 Å². The molecule has 0 saturated carbocycles. The molecule has 4 nitrogen and oxygen atoms in total. The Balaban J connectivity index is 2.37. The molecular formula is C13H19BrN2O2S. The first kappa shape index (κ1) is 14.8. The molecule has 106 valence electrons. The Labute approximate surface area is 123 Å². The molecule has 1 unspecified atom stereocenters. The molecule has 1 fully saturated rings. The summed E-state index contributed by atoms with van der Waals surface area (Å²) < 4.78 is 27.7. The van der Waals surface area contributed by atoms with E-state index in [0.29, 0.717) is 12.2 Å². The van der Waals surface area contributed by atoms with Crippen molar-refractivity contribution in [1.82, 2.24) is 4.31 Å². The number of halogens is 1. The van der Waals surface area contributed by atoms with Gasteiger partial charge < -0.3 is 5.73 Å². The van der Waals surface area contributed by atoms with E-state index in [9.17, 15) is 8.42 Å². The van der Waals surface area contributed by atoms with Gasteiger partial charge in [0.25, 0.3) is 0 Å². The standard InChI is InChI=1S/C13H19BrN2O2S/c1-2-10-5-3-4-8-16(10)19(17,18)11-6-7-12(14)13(15)9-11/h6-7,9-10H,2-5,8,15H2,1H3. The number of rotatable bonds is 3. The predicted molar refractivity (Wildman–Crippen MR) is 80.4 cm³/mol. The Kier molecular flexibility index (Phi) is 4.53. The molecule has 0 aromatic heterocycles. The fraction of sp³-hybridized carbons (Fsp3) is 0.538. The van der Waals surface area contributed by atoms with Gasteiger partial charge in [-0.15, -0.1) is 0 Å². The van der Waals surface area contributed by atoms with Crippen LogP contribution in [-0.2, 0) is 10.0 Å². The van der Waals surface area contributed by atoms with Crippen molar-refractivity contribution in [1.29, 1.82) is 0 Å². The van der Waals surface area contributed by atoms with Crippen LogP contribution in [-0.4, -0.2) is 25.3 Å². The van der Waals surface area contributed by atoms with E-state index in [4.69, 9.17) is 5.73 Å². The van der Waals surface area contributed by atoms with Gasteiger partial charge in [-0.3, -0.25) is 0 Å². The molecule has 1 saturated heterocycles. The van der Waals surface area contributed by atoms with Gasteiger partial charge in [0.15, 0.2) is 0 Å². The molecule has 0 radical (unpaired) electrons. The van der Waals surface area contributed by atoms with Crippen molar-refractivity contribution in [2.45, 2.75) is 43.5 Å². The van der Waals surface area contributed by atoms with Crippen LogP contribution in [0, 0.1) is 0 Å². The van der Waals surface area contributed by atoms with E-state index in [1.807, 2.05) is 6.92 Å². The lowest BCUT2D eigenvalue weighted by atomic mass is 10.0. The maximum absolute atomic E-state index is 12.7. The molecule has 0 aliphatic carbocycles. The molecule has 1 aliphatic heterocycles. The van der Waals surface area contributed by atoms with Crippen LogP contribution in [0.15, 0.2) is 27.6 Å². The Morgan fingerprint density at radius 2 is 2.16 bits per heavy atom. The summed E-state index contributed by atoms with van der Waals surface area (Å²) in [6.45, 7) is 2.64. The van der Waals surface area contributed by atoms with Gasteiger partial charge in [-0.2, -0.15) is 4.31 Å². The fourth-order valence-electron chi connectivity index (χ4n) is 2.52. The summed E-state index contributed by atoms with van der Waals surface area (Å²) >= 11 is 3.28. The molecule has 0 bridgehead atoms. The molecule has 19 heavy (non-hydrogen) atoms. The Hall–Kier alpha value is -0.590. The topological polar surface area (TPSA) is 63.4 Å². The first-order valence-corrected chi connectivity index (χ1v) is 8.77. The second-order valence-corrected chi connectivity index (χ2v) is 7.60. The van der Waals surface area contributed by atoms with Gasteiger partial charge in [0, 0.05) is 22.7 Å². The van der Waals surface area contributed by atoms with E-state index in [2.05, 4.69) is 15.9 Å². The van der Waals surface area contributed by atoms with E-state index in [0.717, 1.165) is 30.2 Å². The first-order valence-electron chi connectivity index (χ1n) is 6.53. The largest absolute Gasteiger partial charge is 0.398 e. The van der Waals surface area contributed by atoms with Crippen LogP contribution in [0.2, 0.25) is 0 Å². The van der Waals surface area contributed by atoms with E-state index in [1.165, 1.54) is 6.07 Å². The van der Waals surface area contributed by atoms with Gasteiger partial charge in [0.1, 0.15) is 0 Å². The van der Waals surface area contributed by atoms with E-state index < -0.39 is 10.0 Å². The Morgan fingerprint density at radius 3 is 2.79 bits per heavy atom. The number of hydrogen-bond acceptors (Lipinski definition) is 3. The second kappa shape index (κ2) is 5.81. The Morgan fingerprint density at radius 1 is 1.42 bits per heavy atom. The maximum atomic E-state index is 12.7. The number of nitrogens with zero attached hydrogens (tertiary/aromatic N) is 1. The number of nitrogens with two attached hydrogens (primary N) is 1. The average Bonchev–Trinajstić information content (AvgIpc) is 2.41. The molecule has 6 heteroatoms. The zero-order valence-electron chi connectivity index (χ0n) is 11.0. The third-order valence-electron chi connectivity index (χ3n) is 3.62. The Bertz CT molecular complexity index is 560. The van der Waals surface area contributed by atoms with E-state index in [-0.39, 0.29) is 10.9 Å². The highest BCUT2D eigenvalue weighted by Gasteiger charge is 2.32. The molecule has 0 amide bonds. The number of sulfonamides is 1. The van der Waals surface area contributed by atoms with Gasteiger partial charge in [0.05, 0.1) is 4.90 Å². The lowest BCUT2D eigenvalue weighted by molar-refractivity contribution is 0.246. The summed E-state index contributed by atoms with van der Waals surface area (Å²) in [6, 6.07) is 4.94. The predicted octanol–water partition coefficient (Wildman–Crippen LogP) is 2.98. The summed E-state index contributed by atoms with van der Waals surface area (Å²) in [6.07, 6.45) is 3.84. The molecule has 1 aliphatic rings. The number of hydrogen-bond donors (Lipinski definition) is 1. The van der Waals surface area contributed by atoms with Crippen molar-refractivity contribution in [3.63, 3.8) is 0 Å². The number of benzene rings is 1. The van der Waals surface area contributed by atoms with Gasteiger partial charge in [-0.25, -0.2) is 8.42 Å². The monoisotopic (exact) mass is 346 g/mol. The fourth-order valence-corrected chi connectivity index (χ4v) is 4.57. The van der Waals surface area contributed by atoms with Gasteiger partial charge in [0.2, 0.25) is 10.0 Å². The van der Waals surface area contributed by atoms with Crippen LogP contribution in [0.25, 0.3) is 0 Å². The molecule has 2 N–H and O–H groups in total. The average molecular weight is 347 g/mol. The lowest BCUT2D eigenvalue weighted by Crippen LogP contribution is -2.43. The minimum Gasteiger partial charge on any atom is -0.398 e. The smallest absolute Gasteiger partial charge is 0.243 e. The molecule has 1 atom stereocenters. The SMILES string of the molecule is CCC1CCCCN1S(=O)(=O)c1ccc(Br)c(N)c1. The van der Waals surface area contributed by atoms with Crippen LogP contribution in [0.4, 0.5) is 5.69 Å². The summed E-state index contributed by atoms with van der Waals surface area (Å²) in [5.74, 6) is 0. The number of anilines is 1. The highest BCUT2D eigenvalue weighted by molar-refractivity contribution is 9.10. The van der Waals surface area contributed by atoms with Crippen molar-refractivity contribution in [3.05, 3.63) is 22.7 Å². The van der Waals surface area contributed by atoms with Crippen LogP contribution < -0.4 is 5.73 Å². The zero-order chi connectivity index (χ0) is 14.0. The summed E-state index contributed by atoms with van der Waals surface area (Å²) in [5.41, 5.74) is 6.23. The van der Waals surface area contributed by atoms with Crippen LogP contribution in [0.3, 0.4) is 0 Å². The molecular weight excluding hydrogens is 328 g/mol. The number of piperidine rings is 1. The third-order valence-corrected chi connectivity index (χ3v) is 6.29. The highest BCUT2D eigenvalue weighted by atomic mass is 79.9. The zero-order valence-corrected chi connectivity index (χ0v) is 13.4. The van der Waals surface area contributed by atoms with E-state index >= 15 is 0 Å². The summed E-state index contributed by atoms with van der Waals surface area (Å²) in [5, 5.41) is 0. The van der Waals surface area contributed by atoms with Crippen molar-refractivity contribution in [2.75, 3.05) is 12.3 Å². The van der Waals surface area contributed by atoms with Crippen molar-refractivity contribution >= 4 is 31.6 Å². The molecule has 1 aromatic carbocycles.